The molecule has 0 N–H and O–H groups in total. The summed E-state index contributed by atoms with van der Waals surface area (Å²) in [5, 5.41) is 0. The summed E-state index contributed by atoms with van der Waals surface area (Å²) < 4.78 is 5.17. The SMILES string of the molecule is Cc1cc(N(C)C)nc([C@]2(C)CCCN2C(=O)c2cnco2)n1. The molecular formula is C16H21N5O2. The molecule has 0 aromatic carbocycles. The Kier molecular flexibility index (Phi) is 3.79. The molecule has 0 spiro atoms. The van der Waals surface area contributed by atoms with E-state index in [4.69, 9.17) is 4.42 Å². The van der Waals surface area contributed by atoms with Gasteiger partial charge in [-0.1, -0.05) is 0 Å². The Balaban J connectivity index is 2.01. The van der Waals surface area contributed by atoms with Gasteiger partial charge in [-0.15, -0.1) is 0 Å². The minimum Gasteiger partial charge on any atom is -0.438 e. The van der Waals surface area contributed by atoms with Crippen LogP contribution < -0.4 is 4.90 Å². The molecule has 1 aliphatic heterocycles. The van der Waals surface area contributed by atoms with Gasteiger partial charge in [-0.2, -0.15) is 0 Å². The van der Waals surface area contributed by atoms with E-state index in [0.717, 1.165) is 24.4 Å². The number of anilines is 1. The van der Waals surface area contributed by atoms with Crippen molar-refractivity contribution in [3.63, 3.8) is 0 Å². The maximum absolute atomic E-state index is 12.7. The van der Waals surface area contributed by atoms with E-state index in [-0.39, 0.29) is 11.7 Å². The lowest BCUT2D eigenvalue weighted by Crippen LogP contribution is -2.44. The number of hydrogen-bond acceptors (Lipinski definition) is 6. The highest BCUT2D eigenvalue weighted by Crippen LogP contribution is 2.38. The van der Waals surface area contributed by atoms with E-state index >= 15 is 0 Å². The van der Waals surface area contributed by atoms with Crippen LogP contribution in [0.5, 0.6) is 0 Å². The van der Waals surface area contributed by atoms with Gasteiger partial charge in [0.25, 0.3) is 5.91 Å². The first-order valence-electron chi connectivity index (χ1n) is 7.66. The number of hydrogen-bond donors (Lipinski definition) is 0. The molecule has 1 fully saturated rings. The van der Waals surface area contributed by atoms with Crippen LogP contribution in [0.15, 0.2) is 23.1 Å². The van der Waals surface area contributed by atoms with E-state index in [2.05, 4.69) is 15.0 Å². The van der Waals surface area contributed by atoms with Gasteiger partial charge >= 0.3 is 0 Å². The number of rotatable bonds is 3. The summed E-state index contributed by atoms with van der Waals surface area (Å²) in [6, 6.07) is 1.93. The average molecular weight is 315 g/mol. The van der Waals surface area contributed by atoms with Crippen molar-refractivity contribution in [2.45, 2.75) is 32.2 Å². The maximum Gasteiger partial charge on any atom is 0.292 e. The van der Waals surface area contributed by atoms with Crippen molar-refractivity contribution >= 4 is 11.7 Å². The number of nitrogens with zero attached hydrogens (tertiary/aromatic N) is 5. The average Bonchev–Trinajstić information content (AvgIpc) is 3.16. The van der Waals surface area contributed by atoms with Crippen LogP contribution in [-0.4, -0.2) is 46.4 Å². The molecule has 23 heavy (non-hydrogen) atoms. The second-order valence-corrected chi connectivity index (χ2v) is 6.29. The summed E-state index contributed by atoms with van der Waals surface area (Å²) in [4.78, 5) is 29.6. The van der Waals surface area contributed by atoms with Gasteiger partial charge in [0.15, 0.2) is 12.2 Å². The summed E-state index contributed by atoms with van der Waals surface area (Å²) in [5.74, 6) is 1.59. The number of oxazole rings is 1. The van der Waals surface area contributed by atoms with Gasteiger partial charge in [0, 0.05) is 32.4 Å². The molecule has 0 radical (unpaired) electrons. The lowest BCUT2D eigenvalue weighted by Gasteiger charge is -2.33. The molecule has 0 unspecified atom stereocenters. The Bertz CT molecular complexity index is 713. The molecule has 1 saturated heterocycles. The largest absolute Gasteiger partial charge is 0.438 e. The number of aromatic nitrogens is 3. The quantitative estimate of drug-likeness (QED) is 0.862. The predicted octanol–water partition coefficient (Wildman–Crippen LogP) is 1.99. The number of carbonyl (C=O) groups excluding carboxylic acids is 1. The topological polar surface area (TPSA) is 75.4 Å². The van der Waals surface area contributed by atoms with Gasteiger partial charge < -0.3 is 14.2 Å². The summed E-state index contributed by atoms with van der Waals surface area (Å²) in [6.45, 7) is 4.62. The third kappa shape index (κ3) is 2.67. The summed E-state index contributed by atoms with van der Waals surface area (Å²) in [5.41, 5.74) is 0.347. The molecule has 1 atom stereocenters. The zero-order valence-corrected chi connectivity index (χ0v) is 13.9. The fraction of sp³-hybridized carbons (Fsp3) is 0.500. The zero-order chi connectivity index (χ0) is 16.6. The molecule has 7 heteroatoms. The van der Waals surface area contributed by atoms with Crippen molar-refractivity contribution < 1.29 is 9.21 Å². The van der Waals surface area contributed by atoms with Gasteiger partial charge in [-0.05, 0) is 26.7 Å². The smallest absolute Gasteiger partial charge is 0.292 e. The Morgan fingerprint density at radius 2 is 2.17 bits per heavy atom. The van der Waals surface area contributed by atoms with Crippen LogP contribution in [0.4, 0.5) is 5.82 Å². The molecule has 1 amide bonds. The van der Waals surface area contributed by atoms with Crippen LogP contribution in [0, 0.1) is 6.92 Å². The second-order valence-electron chi connectivity index (χ2n) is 6.29. The van der Waals surface area contributed by atoms with E-state index < -0.39 is 5.54 Å². The lowest BCUT2D eigenvalue weighted by atomic mass is 9.97. The van der Waals surface area contributed by atoms with Crippen molar-refractivity contribution in [3.05, 3.63) is 35.9 Å². The molecule has 0 saturated carbocycles. The Labute approximate surface area is 135 Å². The van der Waals surface area contributed by atoms with E-state index in [1.807, 2.05) is 38.9 Å². The first-order chi connectivity index (χ1) is 10.9. The number of likely N-dealkylation sites (tertiary alicyclic amines) is 1. The third-order valence-corrected chi connectivity index (χ3v) is 4.31. The molecular weight excluding hydrogens is 294 g/mol. The highest BCUT2D eigenvalue weighted by molar-refractivity contribution is 5.92. The molecule has 122 valence electrons. The molecule has 2 aromatic rings. The number of amides is 1. The Morgan fingerprint density at radius 1 is 1.39 bits per heavy atom. The highest BCUT2D eigenvalue weighted by atomic mass is 16.3. The Morgan fingerprint density at radius 3 is 2.83 bits per heavy atom. The molecule has 3 rings (SSSR count). The summed E-state index contributed by atoms with van der Waals surface area (Å²) in [6.07, 6.45) is 4.45. The van der Waals surface area contributed by atoms with Crippen LogP contribution in [0.3, 0.4) is 0 Å². The molecule has 1 aliphatic rings. The monoisotopic (exact) mass is 315 g/mol. The van der Waals surface area contributed by atoms with Crippen LogP contribution in [0.25, 0.3) is 0 Å². The van der Waals surface area contributed by atoms with E-state index in [1.165, 1.54) is 12.6 Å². The Hall–Kier alpha value is -2.44. The van der Waals surface area contributed by atoms with Crippen molar-refractivity contribution in [1.29, 1.82) is 0 Å². The first-order valence-corrected chi connectivity index (χ1v) is 7.66. The summed E-state index contributed by atoms with van der Waals surface area (Å²) in [7, 11) is 3.89. The fourth-order valence-corrected chi connectivity index (χ4v) is 3.00. The van der Waals surface area contributed by atoms with Crippen LogP contribution >= 0.6 is 0 Å². The van der Waals surface area contributed by atoms with Crippen molar-refractivity contribution in [2.75, 3.05) is 25.5 Å². The lowest BCUT2D eigenvalue weighted by molar-refractivity contribution is 0.0571. The van der Waals surface area contributed by atoms with E-state index in [9.17, 15) is 4.79 Å². The van der Waals surface area contributed by atoms with Gasteiger partial charge in [0.2, 0.25) is 5.76 Å². The van der Waals surface area contributed by atoms with E-state index in [1.54, 1.807) is 4.90 Å². The molecule has 0 aliphatic carbocycles. The normalized spacial score (nSPS) is 20.8. The second kappa shape index (κ2) is 5.64. The van der Waals surface area contributed by atoms with Crippen LogP contribution in [-0.2, 0) is 5.54 Å². The van der Waals surface area contributed by atoms with Gasteiger partial charge in [-0.3, -0.25) is 4.79 Å². The number of aryl methyl sites for hydroxylation is 1. The van der Waals surface area contributed by atoms with Gasteiger partial charge in [-0.25, -0.2) is 15.0 Å². The minimum atomic E-state index is -0.541. The summed E-state index contributed by atoms with van der Waals surface area (Å²) >= 11 is 0. The first kappa shape index (κ1) is 15.5. The molecule has 3 heterocycles. The highest BCUT2D eigenvalue weighted by Gasteiger charge is 2.44. The maximum atomic E-state index is 12.7. The molecule has 7 nitrogen and oxygen atoms in total. The predicted molar refractivity (Wildman–Crippen MR) is 85.2 cm³/mol. The van der Waals surface area contributed by atoms with E-state index in [0.29, 0.717) is 12.4 Å². The van der Waals surface area contributed by atoms with Crippen molar-refractivity contribution in [2.24, 2.45) is 0 Å². The van der Waals surface area contributed by atoms with Gasteiger partial charge in [0.05, 0.1) is 6.20 Å². The molecule has 0 bridgehead atoms. The molecule has 2 aromatic heterocycles. The van der Waals surface area contributed by atoms with Crippen LogP contribution in [0.2, 0.25) is 0 Å². The zero-order valence-electron chi connectivity index (χ0n) is 13.9. The number of carbonyl (C=O) groups is 1. The third-order valence-electron chi connectivity index (χ3n) is 4.31. The minimum absolute atomic E-state index is 0.168. The van der Waals surface area contributed by atoms with Crippen molar-refractivity contribution in [1.82, 2.24) is 19.9 Å². The van der Waals surface area contributed by atoms with Gasteiger partial charge in [0.1, 0.15) is 11.4 Å². The standard InChI is InChI=1S/C16H21N5O2/c1-11-8-13(20(3)4)19-15(18-11)16(2)6-5-7-21(16)14(22)12-9-17-10-23-12/h8-10H,5-7H2,1-4H3/t16-/m0/s1. The van der Waals surface area contributed by atoms with Crippen molar-refractivity contribution in [3.8, 4) is 0 Å². The van der Waals surface area contributed by atoms with Crippen LogP contribution in [0.1, 0.15) is 41.8 Å². The fourth-order valence-electron chi connectivity index (χ4n) is 3.00.